The number of hydrogen-bond acceptors (Lipinski definition) is 10. The third-order valence-corrected chi connectivity index (χ3v) is 12.9. The van der Waals surface area contributed by atoms with E-state index in [0.717, 1.165) is 25.2 Å². The molecule has 0 aromatic heterocycles. The van der Waals surface area contributed by atoms with Crippen molar-refractivity contribution in [2.75, 3.05) is 65.5 Å². The number of aliphatic hydroxyl groups excluding tert-OH is 2. The van der Waals surface area contributed by atoms with Crippen LogP contribution in [0.4, 0.5) is 0 Å². The molecule has 4 N–H and O–H groups in total. The van der Waals surface area contributed by atoms with Crippen LogP contribution in [-0.2, 0) is 32.6 Å². The maximum atomic E-state index is 10.4. The molecule has 0 aromatic carbocycles. The molecule has 1 rings (SSSR count). The fourth-order valence-electron chi connectivity index (χ4n) is 1.51. The molecule has 53 heavy (non-hydrogen) atoms. The Morgan fingerprint density at radius 1 is 0.698 bits per heavy atom. The van der Waals surface area contributed by atoms with E-state index in [2.05, 4.69) is 143 Å². The maximum absolute atomic E-state index is 10.4. The van der Waals surface area contributed by atoms with Crippen LogP contribution in [0.5, 0.6) is 0 Å². The molecule has 0 bridgehead atoms. The van der Waals surface area contributed by atoms with Crippen LogP contribution >= 0.6 is 0 Å². The molecule has 1 unspecified atom stereocenters. The Morgan fingerprint density at radius 2 is 1.04 bits per heavy atom. The Balaban J connectivity index is -0.000000123. The minimum absolute atomic E-state index is 0.143. The van der Waals surface area contributed by atoms with Gasteiger partial charge in [-0.2, -0.15) is 0 Å². The van der Waals surface area contributed by atoms with Crippen LogP contribution in [-0.4, -0.2) is 145 Å². The van der Waals surface area contributed by atoms with E-state index in [4.69, 9.17) is 43.7 Å². The van der Waals surface area contributed by atoms with Gasteiger partial charge >= 0.3 is 14.5 Å². The summed E-state index contributed by atoms with van der Waals surface area (Å²) in [6, 6.07) is 0. The molecule has 1 heterocycles. The number of carbonyl (C=O) groups is 1. The van der Waals surface area contributed by atoms with E-state index in [1.165, 1.54) is 0 Å². The highest BCUT2D eigenvalue weighted by Gasteiger charge is 2.26. The molecular formula is C36H93NO9Si7. The first-order chi connectivity index (χ1) is 23.4. The van der Waals surface area contributed by atoms with Gasteiger partial charge in [0.15, 0.2) is 6.29 Å². The van der Waals surface area contributed by atoms with Gasteiger partial charge in [0.05, 0.1) is 59.8 Å². The third kappa shape index (κ3) is 90.1. The van der Waals surface area contributed by atoms with Crippen molar-refractivity contribution in [3.8, 4) is 0 Å². The number of aliphatic hydroxyl groups is 2. The van der Waals surface area contributed by atoms with Crippen LogP contribution < -0.4 is 5.73 Å². The van der Waals surface area contributed by atoms with Crippen LogP contribution in [0.25, 0.3) is 0 Å². The fraction of sp³-hybridized carbons (Fsp3) is 0.861. The summed E-state index contributed by atoms with van der Waals surface area (Å²) in [5.41, 5.74) is 9.19. The van der Waals surface area contributed by atoms with Crippen LogP contribution in [0.2, 0.25) is 131 Å². The Morgan fingerprint density at radius 3 is 1.21 bits per heavy atom. The zero-order valence-corrected chi connectivity index (χ0v) is 46.1. The molecule has 0 aromatic rings. The first-order valence-electron chi connectivity index (χ1n) is 18.7. The molecule has 1 fully saturated rings. The van der Waals surface area contributed by atoms with E-state index in [9.17, 15) is 4.79 Å². The summed E-state index contributed by atoms with van der Waals surface area (Å²) in [7, 11) is -4.27. The maximum Gasteiger partial charge on any atom is 0.360 e. The van der Waals surface area contributed by atoms with Gasteiger partial charge in [0.1, 0.15) is 13.2 Å². The van der Waals surface area contributed by atoms with Crippen molar-refractivity contribution in [2.45, 2.75) is 137 Å². The average molecular weight is 881 g/mol. The second-order valence-corrected chi connectivity index (χ2v) is 56.5. The molecule has 0 spiro atoms. The minimum atomic E-state index is -1.91. The standard InChI is InChI=1S/C6H14O3Si.C6H14O2Si.C6H16O2Si.C5H12O2Si.C5H12Si.C4H13NSi.C4H12Si/c1-10(2,3)5-9-6(8)4-7;1-9(2,3)5-8-6-4-7-6;1-9(2,3)6-8-5-4-7;1-5-8(4,6-2)7-3;1-5-6(2,3)4;1-6(2,3)4-5;1-5(2,3)4/h7H,4-5H2,1-3H3;6H,4-5H2,1-3H3;7H,4-6H2,1-3H3;5H,1H2,2-4H3;5H,1H2,2-4H3;4-5H2,1-3H3;1-4H3. The summed E-state index contributed by atoms with van der Waals surface area (Å²) in [4.78, 5) is 10.4. The highest BCUT2D eigenvalue weighted by atomic mass is 28.4. The highest BCUT2D eigenvalue weighted by molar-refractivity contribution is 6.81. The van der Waals surface area contributed by atoms with Crippen molar-refractivity contribution in [3.63, 3.8) is 0 Å². The van der Waals surface area contributed by atoms with E-state index in [1.54, 1.807) is 19.9 Å². The molecular weight excluding hydrogens is 787 g/mol. The molecule has 0 amide bonds. The number of rotatable bonds is 15. The van der Waals surface area contributed by atoms with Crippen molar-refractivity contribution >= 4 is 63.0 Å². The van der Waals surface area contributed by atoms with Crippen molar-refractivity contribution in [1.29, 1.82) is 0 Å². The summed E-state index contributed by atoms with van der Waals surface area (Å²) in [6.07, 6.45) is 3.33. The first kappa shape index (κ1) is 65.0. The third-order valence-electron chi connectivity index (χ3n) is 4.98. The van der Waals surface area contributed by atoms with Crippen LogP contribution in [0.3, 0.4) is 0 Å². The normalized spacial score (nSPS) is 14.1. The first-order valence-corrected chi connectivity index (χ1v) is 43.5. The SMILES string of the molecule is C=C[Si](C)(C)C.C=C[Si](C)(OC)OC.C[Si](C)(C)C.C[Si](C)(C)CN.C[Si](C)(C)COC(=O)CO.C[Si](C)(C)COC1CO1.C[Si](C)(C)COCCO. The van der Waals surface area contributed by atoms with Gasteiger partial charge < -0.3 is 43.7 Å². The van der Waals surface area contributed by atoms with E-state index in [1.807, 2.05) is 6.55 Å². The number of nitrogens with two attached hydrogens (primary N) is 1. The molecule has 324 valence electrons. The Labute approximate surface area is 337 Å². The molecule has 0 saturated carbocycles. The molecule has 17 heteroatoms. The number of hydrogen-bond donors (Lipinski definition) is 3. The topological polar surface area (TPSA) is 142 Å². The van der Waals surface area contributed by atoms with Gasteiger partial charge in [0, 0.05) is 34.8 Å². The van der Waals surface area contributed by atoms with Gasteiger partial charge in [-0.15, -0.1) is 18.9 Å². The summed E-state index contributed by atoms with van der Waals surface area (Å²) in [5.74, 6) is -0.526. The predicted octanol–water partition coefficient (Wildman–Crippen LogP) is 8.41. The summed E-state index contributed by atoms with van der Waals surface area (Å²) in [5, 5.41) is 16.6. The second-order valence-electron chi connectivity index (χ2n) is 20.3. The van der Waals surface area contributed by atoms with E-state index in [-0.39, 0.29) is 12.9 Å². The number of epoxide rings is 1. The smallest absolute Gasteiger partial charge is 0.360 e. The Kier molecular flexibility index (Phi) is 40.7. The predicted molar refractivity (Wildman–Crippen MR) is 253 cm³/mol. The Hall–Kier alpha value is 0.148. The van der Waals surface area contributed by atoms with E-state index in [0.29, 0.717) is 12.8 Å². The second kappa shape index (κ2) is 33.2. The van der Waals surface area contributed by atoms with Gasteiger partial charge in [0.25, 0.3) is 0 Å². The monoisotopic (exact) mass is 880 g/mol. The van der Waals surface area contributed by atoms with Crippen molar-refractivity contribution in [1.82, 2.24) is 0 Å². The fourth-order valence-corrected chi connectivity index (χ4v) is 4.05. The number of esters is 1. The molecule has 10 nitrogen and oxygen atoms in total. The zero-order chi connectivity index (χ0) is 44.0. The lowest BCUT2D eigenvalue weighted by molar-refractivity contribution is -0.145. The lowest BCUT2D eigenvalue weighted by Gasteiger charge is -2.16. The van der Waals surface area contributed by atoms with Crippen LogP contribution in [0.1, 0.15) is 0 Å². The average Bonchev–Trinajstić information content (AvgIpc) is 3.82. The van der Waals surface area contributed by atoms with E-state index < -0.39 is 69.6 Å². The molecule has 1 aliphatic heterocycles. The van der Waals surface area contributed by atoms with Gasteiger partial charge in [-0.05, 0) is 18.4 Å². The molecule has 1 aliphatic rings. The molecule has 1 atom stereocenters. The number of carbonyl (C=O) groups excluding carboxylic acids is 1. The molecule has 1 saturated heterocycles. The van der Waals surface area contributed by atoms with Crippen molar-refractivity contribution in [3.05, 3.63) is 24.6 Å². The molecule has 0 aliphatic carbocycles. The van der Waals surface area contributed by atoms with Crippen molar-refractivity contribution in [2.24, 2.45) is 5.73 Å². The van der Waals surface area contributed by atoms with E-state index >= 15 is 0 Å². The minimum Gasteiger partial charge on any atom is -0.468 e. The quantitative estimate of drug-likeness (QED) is 0.0636. The van der Waals surface area contributed by atoms with Gasteiger partial charge in [0.2, 0.25) is 0 Å². The van der Waals surface area contributed by atoms with Gasteiger partial charge in [-0.1, -0.05) is 124 Å². The van der Waals surface area contributed by atoms with Gasteiger partial charge in [-0.3, -0.25) is 0 Å². The Bertz CT molecular complexity index is 861. The van der Waals surface area contributed by atoms with Crippen molar-refractivity contribution < 1.29 is 42.8 Å². The zero-order valence-electron chi connectivity index (χ0n) is 39.1. The van der Waals surface area contributed by atoms with Crippen LogP contribution in [0, 0.1) is 0 Å². The molecule has 0 radical (unpaired) electrons. The van der Waals surface area contributed by atoms with Crippen LogP contribution in [0.15, 0.2) is 24.6 Å². The highest BCUT2D eigenvalue weighted by Crippen LogP contribution is 2.13. The van der Waals surface area contributed by atoms with Gasteiger partial charge in [-0.25, -0.2) is 4.79 Å². The number of ether oxygens (including phenoxy) is 4. The summed E-state index contributed by atoms with van der Waals surface area (Å²) in [6.45, 7) is 52.9. The largest absolute Gasteiger partial charge is 0.468 e. The summed E-state index contributed by atoms with van der Waals surface area (Å²) < 4.78 is 30.2. The lowest BCUT2D eigenvalue weighted by atomic mass is 10.8. The summed E-state index contributed by atoms with van der Waals surface area (Å²) >= 11 is 0. The lowest BCUT2D eigenvalue weighted by Crippen LogP contribution is -2.33.